The van der Waals surface area contributed by atoms with Gasteiger partial charge in [-0.25, -0.2) is 0 Å². The minimum atomic E-state index is -4.08. The van der Waals surface area contributed by atoms with Crippen LogP contribution in [0.1, 0.15) is 16.1 Å². The van der Waals surface area contributed by atoms with Crippen LogP contribution in [0.3, 0.4) is 0 Å². The second kappa shape index (κ2) is 12.7. The lowest BCUT2D eigenvalue weighted by atomic mass is 10.2. The molecular formula is C26H21Cl2N5O6S. The number of halogens is 2. The largest absolute Gasteiger partial charge is 0.469 e. The monoisotopic (exact) mass is 601 g/mol. The van der Waals surface area contributed by atoms with Crippen LogP contribution in [0, 0.1) is 0 Å². The number of nitrogens with one attached hydrogen (secondary N) is 2. The second-order valence-electron chi connectivity index (χ2n) is 8.00. The zero-order chi connectivity index (χ0) is 28.7. The molecule has 0 bridgehead atoms. The van der Waals surface area contributed by atoms with Gasteiger partial charge >= 0.3 is 0 Å². The van der Waals surface area contributed by atoms with E-state index in [1.807, 2.05) is 12.1 Å². The predicted molar refractivity (Wildman–Crippen MR) is 150 cm³/mol. The summed E-state index contributed by atoms with van der Waals surface area (Å²) < 4.78 is 40.8. The van der Waals surface area contributed by atoms with Crippen LogP contribution >= 0.6 is 23.2 Å². The van der Waals surface area contributed by atoms with Gasteiger partial charge in [0.1, 0.15) is 12.3 Å². The first-order valence-corrected chi connectivity index (χ1v) is 13.6. The maximum Gasteiger partial charge on any atom is 0.294 e. The van der Waals surface area contributed by atoms with Crippen molar-refractivity contribution in [2.75, 3.05) is 12.4 Å². The first kappa shape index (κ1) is 28.8. The van der Waals surface area contributed by atoms with E-state index in [9.17, 15) is 13.2 Å². The molecule has 0 aliphatic rings. The summed E-state index contributed by atoms with van der Waals surface area (Å²) in [6, 6.07) is 17.7. The fourth-order valence-corrected chi connectivity index (χ4v) is 4.02. The van der Waals surface area contributed by atoms with E-state index in [-0.39, 0.29) is 23.3 Å². The normalized spacial score (nSPS) is 10.9. The Morgan fingerprint density at radius 1 is 1.00 bits per heavy atom. The Balaban J connectivity index is 0.000000283. The molecule has 5 aromatic rings. The van der Waals surface area contributed by atoms with Gasteiger partial charge in [0.05, 0.1) is 16.5 Å². The Bertz CT molecular complexity index is 1730. The third-order valence-electron chi connectivity index (χ3n) is 5.23. The van der Waals surface area contributed by atoms with Gasteiger partial charge in [0.15, 0.2) is 5.82 Å². The van der Waals surface area contributed by atoms with Crippen molar-refractivity contribution >= 4 is 61.7 Å². The molecule has 0 saturated heterocycles. The summed E-state index contributed by atoms with van der Waals surface area (Å²) >= 11 is 11.4. The zero-order valence-corrected chi connectivity index (χ0v) is 23.0. The van der Waals surface area contributed by atoms with Crippen LogP contribution in [-0.2, 0) is 16.7 Å². The summed E-state index contributed by atoms with van der Waals surface area (Å²) in [5.74, 6) is 0.525. The number of anilines is 2. The summed E-state index contributed by atoms with van der Waals surface area (Å²) in [5, 5.41) is 15.9. The Morgan fingerprint density at radius 2 is 1.68 bits per heavy atom. The average Bonchev–Trinajstić information content (AvgIpc) is 3.44. The first-order chi connectivity index (χ1) is 19.1. The number of nitrogens with zero attached hydrogens (tertiary/aromatic N) is 3. The Kier molecular flexibility index (Phi) is 9.17. The maximum absolute atomic E-state index is 11.7. The SMILES string of the molecule is CNC(=O)c1cc(COc2nnc(Nc3ccc(Cl)cc3)c3ccoc23)ccn1.O=S(=O)(O)c1ccc(Cl)cc1. The van der Waals surface area contributed by atoms with Gasteiger partial charge in [-0.2, -0.15) is 8.42 Å². The van der Waals surface area contributed by atoms with Crippen molar-refractivity contribution in [3.8, 4) is 5.88 Å². The number of pyridine rings is 1. The van der Waals surface area contributed by atoms with Crippen LogP contribution in [0.15, 0.2) is 88.5 Å². The molecule has 0 saturated carbocycles. The summed E-state index contributed by atoms with van der Waals surface area (Å²) in [5.41, 5.74) is 2.37. The van der Waals surface area contributed by atoms with Crippen LogP contribution in [0.25, 0.3) is 11.0 Å². The number of aromatic nitrogens is 3. The highest BCUT2D eigenvalue weighted by molar-refractivity contribution is 7.85. The average molecular weight is 602 g/mol. The summed E-state index contributed by atoms with van der Waals surface area (Å²) in [6.45, 7) is 0.182. The standard InChI is InChI=1S/C20H16ClN5O3.C6H5ClO3S/c1-22-19(27)16-10-12(6-8-23-16)11-29-20-17-15(7-9-28-17)18(25-26-20)24-14-4-2-13(21)3-5-14;7-5-1-3-6(4-2-5)11(8,9)10/h2-10H,11H2,1H3,(H,22,27)(H,24,25);1-4H,(H,8,9,10). The van der Waals surface area contributed by atoms with Gasteiger partial charge in [0.25, 0.3) is 21.9 Å². The van der Waals surface area contributed by atoms with E-state index in [1.54, 1.807) is 49.8 Å². The van der Waals surface area contributed by atoms with Gasteiger partial charge in [-0.15, -0.1) is 10.2 Å². The van der Waals surface area contributed by atoms with Crippen LogP contribution in [0.5, 0.6) is 5.88 Å². The van der Waals surface area contributed by atoms with Crippen molar-refractivity contribution in [1.29, 1.82) is 0 Å². The predicted octanol–water partition coefficient (Wildman–Crippen LogP) is 5.54. The smallest absolute Gasteiger partial charge is 0.294 e. The minimum absolute atomic E-state index is 0.151. The summed E-state index contributed by atoms with van der Waals surface area (Å²) in [4.78, 5) is 15.6. The van der Waals surface area contributed by atoms with E-state index in [4.69, 9.17) is 36.9 Å². The molecule has 11 nitrogen and oxygen atoms in total. The van der Waals surface area contributed by atoms with Gasteiger partial charge in [-0.05, 0) is 72.3 Å². The van der Waals surface area contributed by atoms with E-state index < -0.39 is 10.1 Å². The molecule has 14 heteroatoms. The van der Waals surface area contributed by atoms with Gasteiger partial charge in [0.2, 0.25) is 5.58 Å². The quantitative estimate of drug-likeness (QED) is 0.202. The van der Waals surface area contributed by atoms with Crippen molar-refractivity contribution in [3.63, 3.8) is 0 Å². The number of benzene rings is 2. The number of furan rings is 1. The molecule has 1 amide bonds. The Hall–Kier alpha value is -4.23. The molecule has 0 atom stereocenters. The molecule has 0 aliphatic carbocycles. The molecule has 0 unspecified atom stereocenters. The fourth-order valence-electron chi connectivity index (χ4n) is 3.29. The molecule has 40 heavy (non-hydrogen) atoms. The molecule has 0 spiro atoms. The van der Waals surface area contributed by atoms with Crippen molar-refractivity contribution in [3.05, 3.63) is 100 Å². The van der Waals surface area contributed by atoms with Gasteiger partial charge in [-0.1, -0.05) is 23.2 Å². The lowest BCUT2D eigenvalue weighted by Gasteiger charge is -2.09. The third-order valence-corrected chi connectivity index (χ3v) is 6.61. The number of ether oxygens (including phenoxy) is 1. The number of fused-ring (bicyclic) bond motifs is 1. The molecule has 206 valence electrons. The lowest BCUT2D eigenvalue weighted by molar-refractivity contribution is 0.0958. The molecule has 3 N–H and O–H groups in total. The number of carbonyl (C=O) groups excluding carboxylic acids is 1. The molecule has 3 aromatic heterocycles. The van der Waals surface area contributed by atoms with Gasteiger partial charge in [-0.3, -0.25) is 14.3 Å². The van der Waals surface area contributed by atoms with E-state index in [0.717, 1.165) is 16.6 Å². The zero-order valence-electron chi connectivity index (χ0n) is 20.7. The Labute approximate surface area is 238 Å². The fraction of sp³-hybridized carbons (Fsp3) is 0.0769. The van der Waals surface area contributed by atoms with Crippen LogP contribution < -0.4 is 15.4 Å². The molecular weight excluding hydrogens is 581 g/mol. The number of hydrogen-bond donors (Lipinski definition) is 3. The topological polar surface area (TPSA) is 157 Å². The number of hydrogen-bond acceptors (Lipinski definition) is 9. The van der Waals surface area contributed by atoms with Gasteiger partial charge < -0.3 is 19.8 Å². The second-order valence-corrected chi connectivity index (χ2v) is 10.3. The summed E-state index contributed by atoms with van der Waals surface area (Å²) in [7, 11) is -2.53. The van der Waals surface area contributed by atoms with Crippen LogP contribution in [0.2, 0.25) is 10.0 Å². The highest BCUT2D eigenvalue weighted by Crippen LogP contribution is 2.31. The van der Waals surface area contributed by atoms with Gasteiger partial charge in [0, 0.05) is 29.0 Å². The molecule has 5 rings (SSSR count). The highest BCUT2D eigenvalue weighted by atomic mass is 35.5. The number of carbonyl (C=O) groups is 1. The van der Waals surface area contributed by atoms with E-state index >= 15 is 0 Å². The molecule has 0 aliphatic heterocycles. The van der Waals surface area contributed by atoms with E-state index in [1.165, 1.54) is 24.3 Å². The van der Waals surface area contributed by atoms with Crippen LogP contribution in [0.4, 0.5) is 11.5 Å². The third kappa shape index (κ3) is 7.45. The maximum atomic E-state index is 11.7. The van der Waals surface area contributed by atoms with E-state index in [2.05, 4.69) is 25.8 Å². The summed E-state index contributed by atoms with van der Waals surface area (Å²) in [6.07, 6.45) is 3.10. The van der Waals surface area contributed by atoms with Crippen molar-refractivity contribution in [2.24, 2.45) is 0 Å². The molecule has 0 radical (unpaired) electrons. The van der Waals surface area contributed by atoms with Crippen molar-refractivity contribution < 1.29 is 26.9 Å². The Morgan fingerprint density at radius 3 is 2.33 bits per heavy atom. The number of amides is 1. The highest BCUT2D eigenvalue weighted by Gasteiger charge is 2.15. The lowest BCUT2D eigenvalue weighted by Crippen LogP contribution is -2.19. The molecule has 2 aromatic carbocycles. The van der Waals surface area contributed by atoms with Crippen molar-refractivity contribution in [1.82, 2.24) is 20.5 Å². The minimum Gasteiger partial charge on any atom is -0.469 e. The number of rotatable bonds is 7. The first-order valence-electron chi connectivity index (χ1n) is 11.4. The van der Waals surface area contributed by atoms with E-state index in [0.29, 0.717) is 27.1 Å². The van der Waals surface area contributed by atoms with Crippen LogP contribution in [-0.4, -0.2) is 41.1 Å². The van der Waals surface area contributed by atoms with Crippen molar-refractivity contribution in [2.45, 2.75) is 11.5 Å². The molecule has 3 heterocycles. The molecule has 0 fully saturated rings.